The summed E-state index contributed by atoms with van der Waals surface area (Å²) < 4.78 is 0. The van der Waals surface area contributed by atoms with Gasteiger partial charge in [-0.3, -0.25) is 5.32 Å². The second-order valence-corrected chi connectivity index (χ2v) is 2.43. The van der Waals surface area contributed by atoms with E-state index in [1.165, 1.54) is 0 Å². The third-order valence-electron chi connectivity index (χ3n) is 1.45. The van der Waals surface area contributed by atoms with Gasteiger partial charge in [-0.25, -0.2) is 0 Å². The van der Waals surface area contributed by atoms with Crippen molar-refractivity contribution >= 4 is 0 Å². The maximum Gasteiger partial charge on any atom is 0.0927 e. The van der Waals surface area contributed by atoms with E-state index in [0.717, 1.165) is 12.2 Å². The lowest BCUT2D eigenvalue weighted by Crippen LogP contribution is -2.23. The van der Waals surface area contributed by atoms with Crippen molar-refractivity contribution in [1.82, 2.24) is 10.3 Å². The predicted molar refractivity (Wildman–Crippen MR) is 42.7 cm³/mol. The SMILES string of the molecule is CC(C#N)NCc1ccc[nH]1. The fraction of sp³-hybridized carbons (Fsp3) is 0.375. The summed E-state index contributed by atoms with van der Waals surface area (Å²) in [6.45, 7) is 2.56. The first kappa shape index (κ1) is 7.83. The minimum Gasteiger partial charge on any atom is -0.364 e. The van der Waals surface area contributed by atoms with Gasteiger partial charge < -0.3 is 4.98 Å². The van der Waals surface area contributed by atoms with E-state index in [1.54, 1.807) is 0 Å². The molecule has 0 aliphatic rings. The van der Waals surface area contributed by atoms with Gasteiger partial charge in [0.2, 0.25) is 0 Å². The van der Waals surface area contributed by atoms with Crippen LogP contribution in [-0.4, -0.2) is 11.0 Å². The van der Waals surface area contributed by atoms with E-state index in [1.807, 2.05) is 25.3 Å². The van der Waals surface area contributed by atoms with Crippen LogP contribution in [0.15, 0.2) is 18.3 Å². The van der Waals surface area contributed by atoms with Crippen molar-refractivity contribution in [2.45, 2.75) is 19.5 Å². The van der Waals surface area contributed by atoms with Crippen LogP contribution >= 0.6 is 0 Å². The van der Waals surface area contributed by atoms with Gasteiger partial charge in [0.05, 0.1) is 12.1 Å². The summed E-state index contributed by atoms with van der Waals surface area (Å²) in [4.78, 5) is 3.04. The zero-order valence-corrected chi connectivity index (χ0v) is 6.46. The standard InChI is InChI=1S/C8H11N3/c1-7(5-9)11-6-8-3-2-4-10-8/h2-4,7,10-11H,6H2,1H3. The fourth-order valence-corrected chi connectivity index (χ4v) is 0.786. The lowest BCUT2D eigenvalue weighted by molar-refractivity contribution is 0.634. The summed E-state index contributed by atoms with van der Waals surface area (Å²) in [6.07, 6.45) is 1.87. The Morgan fingerprint density at radius 3 is 3.18 bits per heavy atom. The number of nitriles is 1. The van der Waals surface area contributed by atoms with E-state index < -0.39 is 0 Å². The average Bonchev–Trinajstić information content (AvgIpc) is 2.52. The quantitative estimate of drug-likeness (QED) is 0.674. The fourth-order valence-electron chi connectivity index (χ4n) is 0.786. The molecule has 0 aliphatic carbocycles. The van der Waals surface area contributed by atoms with E-state index in [-0.39, 0.29) is 6.04 Å². The number of hydrogen-bond donors (Lipinski definition) is 2. The molecule has 3 heteroatoms. The Bertz CT molecular complexity index is 232. The molecule has 0 saturated heterocycles. The van der Waals surface area contributed by atoms with E-state index in [9.17, 15) is 0 Å². The third-order valence-corrected chi connectivity index (χ3v) is 1.45. The molecule has 0 saturated carbocycles. The summed E-state index contributed by atoms with van der Waals surface area (Å²) in [6, 6.07) is 5.94. The minimum atomic E-state index is -0.0849. The van der Waals surface area contributed by atoms with Gasteiger partial charge in [0.15, 0.2) is 0 Å². The molecule has 1 aromatic heterocycles. The first-order valence-electron chi connectivity index (χ1n) is 3.58. The van der Waals surface area contributed by atoms with E-state index in [0.29, 0.717) is 0 Å². The van der Waals surface area contributed by atoms with Crippen LogP contribution in [0.25, 0.3) is 0 Å². The Labute approximate surface area is 66.0 Å². The largest absolute Gasteiger partial charge is 0.364 e. The van der Waals surface area contributed by atoms with Crippen molar-refractivity contribution in [3.05, 3.63) is 24.0 Å². The van der Waals surface area contributed by atoms with Crippen LogP contribution in [0.2, 0.25) is 0 Å². The molecule has 0 aromatic carbocycles. The van der Waals surface area contributed by atoms with E-state index in [4.69, 9.17) is 5.26 Å². The Hall–Kier alpha value is -1.27. The molecule has 1 aromatic rings. The van der Waals surface area contributed by atoms with Gasteiger partial charge in [-0.15, -0.1) is 0 Å². The molecule has 0 fully saturated rings. The smallest absolute Gasteiger partial charge is 0.0927 e. The topological polar surface area (TPSA) is 51.6 Å². The molecule has 0 aliphatic heterocycles. The van der Waals surface area contributed by atoms with Crippen molar-refractivity contribution < 1.29 is 0 Å². The second-order valence-electron chi connectivity index (χ2n) is 2.43. The van der Waals surface area contributed by atoms with Crippen molar-refractivity contribution in [3.8, 4) is 6.07 Å². The molecular weight excluding hydrogens is 138 g/mol. The van der Waals surface area contributed by atoms with Crippen LogP contribution in [0, 0.1) is 11.3 Å². The van der Waals surface area contributed by atoms with Crippen LogP contribution in [0.1, 0.15) is 12.6 Å². The normalized spacial score (nSPS) is 12.4. The molecule has 0 spiro atoms. The van der Waals surface area contributed by atoms with Gasteiger partial charge in [0.1, 0.15) is 0 Å². The monoisotopic (exact) mass is 149 g/mol. The highest BCUT2D eigenvalue weighted by Crippen LogP contribution is 1.93. The minimum absolute atomic E-state index is 0.0849. The summed E-state index contributed by atoms with van der Waals surface area (Å²) in [5.41, 5.74) is 1.10. The van der Waals surface area contributed by atoms with Gasteiger partial charge in [-0.05, 0) is 19.1 Å². The molecule has 0 radical (unpaired) electrons. The molecule has 1 atom stereocenters. The van der Waals surface area contributed by atoms with Crippen LogP contribution in [-0.2, 0) is 6.54 Å². The average molecular weight is 149 g/mol. The molecule has 1 unspecified atom stereocenters. The molecule has 0 bridgehead atoms. The molecule has 1 heterocycles. The molecule has 1 rings (SSSR count). The lowest BCUT2D eigenvalue weighted by atomic mass is 10.3. The Balaban J connectivity index is 2.30. The summed E-state index contributed by atoms with van der Waals surface area (Å²) >= 11 is 0. The van der Waals surface area contributed by atoms with Gasteiger partial charge in [-0.2, -0.15) is 5.26 Å². The number of aromatic nitrogens is 1. The second kappa shape index (κ2) is 3.79. The lowest BCUT2D eigenvalue weighted by Gasteiger charge is -2.02. The molecule has 58 valence electrons. The first-order valence-corrected chi connectivity index (χ1v) is 3.58. The van der Waals surface area contributed by atoms with Crippen molar-refractivity contribution in [1.29, 1.82) is 5.26 Å². The van der Waals surface area contributed by atoms with Crippen molar-refractivity contribution in [2.75, 3.05) is 0 Å². The van der Waals surface area contributed by atoms with Crippen molar-refractivity contribution in [3.63, 3.8) is 0 Å². The van der Waals surface area contributed by atoms with E-state index >= 15 is 0 Å². The Kier molecular flexibility index (Phi) is 2.70. The number of nitrogens with one attached hydrogen (secondary N) is 2. The summed E-state index contributed by atoms with van der Waals surface area (Å²) in [5.74, 6) is 0. The van der Waals surface area contributed by atoms with Crippen LogP contribution < -0.4 is 5.32 Å². The maximum atomic E-state index is 8.44. The zero-order chi connectivity index (χ0) is 8.10. The molecule has 3 nitrogen and oxygen atoms in total. The van der Waals surface area contributed by atoms with Gasteiger partial charge >= 0.3 is 0 Å². The number of rotatable bonds is 3. The highest BCUT2D eigenvalue weighted by atomic mass is 14.9. The zero-order valence-electron chi connectivity index (χ0n) is 6.46. The molecular formula is C8H11N3. The summed E-state index contributed by atoms with van der Waals surface area (Å²) in [7, 11) is 0. The van der Waals surface area contributed by atoms with E-state index in [2.05, 4.69) is 16.4 Å². The Morgan fingerprint density at radius 1 is 1.82 bits per heavy atom. The predicted octanol–water partition coefficient (Wildman–Crippen LogP) is 1.02. The molecule has 0 amide bonds. The van der Waals surface area contributed by atoms with Crippen molar-refractivity contribution in [2.24, 2.45) is 0 Å². The molecule has 2 N–H and O–H groups in total. The highest BCUT2D eigenvalue weighted by molar-refractivity contribution is 5.03. The molecule has 11 heavy (non-hydrogen) atoms. The maximum absolute atomic E-state index is 8.44. The number of H-pyrrole nitrogens is 1. The van der Waals surface area contributed by atoms with Crippen LogP contribution in [0.3, 0.4) is 0 Å². The van der Waals surface area contributed by atoms with Crippen LogP contribution in [0.5, 0.6) is 0 Å². The highest BCUT2D eigenvalue weighted by Gasteiger charge is 1.97. The number of aromatic amines is 1. The van der Waals surface area contributed by atoms with Gasteiger partial charge in [0, 0.05) is 18.4 Å². The third kappa shape index (κ3) is 2.44. The Morgan fingerprint density at radius 2 is 2.64 bits per heavy atom. The van der Waals surface area contributed by atoms with Gasteiger partial charge in [0.25, 0.3) is 0 Å². The van der Waals surface area contributed by atoms with Crippen LogP contribution in [0.4, 0.5) is 0 Å². The number of hydrogen-bond acceptors (Lipinski definition) is 2. The number of nitrogens with zero attached hydrogens (tertiary/aromatic N) is 1. The van der Waals surface area contributed by atoms with Gasteiger partial charge in [-0.1, -0.05) is 0 Å². The summed E-state index contributed by atoms with van der Waals surface area (Å²) in [5, 5.41) is 11.5. The first-order chi connectivity index (χ1) is 5.33.